The number of unbranched alkanes of at least 4 members (excludes halogenated alkanes) is 2. The first-order valence-electron chi connectivity index (χ1n) is 7.74. The van der Waals surface area contributed by atoms with Gasteiger partial charge < -0.3 is 15.4 Å². The van der Waals surface area contributed by atoms with Crippen molar-refractivity contribution in [3.05, 3.63) is 0 Å². The minimum absolute atomic E-state index is 0.751. The van der Waals surface area contributed by atoms with Crippen LogP contribution in [0.2, 0.25) is 0 Å². The van der Waals surface area contributed by atoms with Crippen LogP contribution in [0.5, 0.6) is 0 Å². The molecule has 0 aliphatic carbocycles. The summed E-state index contributed by atoms with van der Waals surface area (Å²) >= 11 is 0. The van der Waals surface area contributed by atoms with Gasteiger partial charge in [0.1, 0.15) is 0 Å². The van der Waals surface area contributed by atoms with Gasteiger partial charge in [-0.1, -0.05) is 33.1 Å². The van der Waals surface area contributed by atoms with Crippen molar-refractivity contribution in [2.75, 3.05) is 33.9 Å². The molecule has 4 nitrogen and oxygen atoms in total. The van der Waals surface area contributed by atoms with Gasteiger partial charge in [-0.2, -0.15) is 0 Å². The van der Waals surface area contributed by atoms with Crippen LogP contribution in [-0.4, -0.2) is 39.8 Å². The van der Waals surface area contributed by atoms with Gasteiger partial charge in [-0.05, 0) is 25.2 Å². The first-order chi connectivity index (χ1) is 9.28. The highest BCUT2D eigenvalue weighted by molar-refractivity contribution is 5.79. The fraction of sp³-hybridized carbons (Fsp3) is 0.933. The molecule has 0 bridgehead atoms. The van der Waals surface area contributed by atoms with E-state index < -0.39 is 0 Å². The lowest BCUT2D eigenvalue weighted by Crippen LogP contribution is -2.35. The molecule has 0 saturated carbocycles. The number of hydrogen-bond acceptors (Lipinski definition) is 2. The Morgan fingerprint density at radius 2 is 2.00 bits per heavy atom. The molecule has 19 heavy (non-hydrogen) atoms. The second kappa shape index (κ2) is 13.7. The van der Waals surface area contributed by atoms with Gasteiger partial charge in [0.05, 0.1) is 0 Å². The third-order valence-corrected chi connectivity index (χ3v) is 3.37. The zero-order valence-corrected chi connectivity index (χ0v) is 13.3. The van der Waals surface area contributed by atoms with Gasteiger partial charge in [-0.3, -0.25) is 4.99 Å². The molecule has 0 radical (unpaired) electrons. The molecule has 1 atom stereocenters. The number of rotatable bonds is 11. The SMILES string of the molecule is CCCCC(CC)COCCCCN/C(=N\C)NC. The van der Waals surface area contributed by atoms with Crippen LogP contribution in [0.15, 0.2) is 4.99 Å². The molecule has 0 fully saturated rings. The fourth-order valence-corrected chi connectivity index (χ4v) is 1.96. The van der Waals surface area contributed by atoms with E-state index in [1.165, 1.54) is 25.7 Å². The Morgan fingerprint density at radius 1 is 1.21 bits per heavy atom. The van der Waals surface area contributed by atoms with Crippen LogP contribution in [0.1, 0.15) is 52.4 Å². The molecule has 1 unspecified atom stereocenters. The molecule has 0 aromatic rings. The largest absolute Gasteiger partial charge is 0.381 e. The fourth-order valence-electron chi connectivity index (χ4n) is 1.96. The van der Waals surface area contributed by atoms with E-state index in [1.54, 1.807) is 7.05 Å². The van der Waals surface area contributed by atoms with Gasteiger partial charge in [0.15, 0.2) is 5.96 Å². The monoisotopic (exact) mass is 271 g/mol. The van der Waals surface area contributed by atoms with Gasteiger partial charge in [-0.25, -0.2) is 0 Å². The van der Waals surface area contributed by atoms with Crippen LogP contribution in [-0.2, 0) is 4.74 Å². The zero-order valence-electron chi connectivity index (χ0n) is 13.3. The van der Waals surface area contributed by atoms with Crippen molar-refractivity contribution < 1.29 is 4.74 Å². The Bertz CT molecular complexity index is 219. The van der Waals surface area contributed by atoms with Crippen LogP contribution >= 0.6 is 0 Å². The highest BCUT2D eigenvalue weighted by atomic mass is 16.5. The summed E-state index contributed by atoms with van der Waals surface area (Å²) in [5.41, 5.74) is 0. The summed E-state index contributed by atoms with van der Waals surface area (Å²) in [5.74, 6) is 1.60. The number of nitrogens with one attached hydrogen (secondary N) is 2. The normalized spacial score (nSPS) is 13.4. The van der Waals surface area contributed by atoms with Crippen molar-refractivity contribution in [3.63, 3.8) is 0 Å². The van der Waals surface area contributed by atoms with E-state index in [1.807, 2.05) is 7.05 Å². The van der Waals surface area contributed by atoms with Crippen LogP contribution in [0.25, 0.3) is 0 Å². The van der Waals surface area contributed by atoms with Crippen molar-refractivity contribution >= 4 is 5.96 Å². The van der Waals surface area contributed by atoms with Gasteiger partial charge in [-0.15, -0.1) is 0 Å². The Morgan fingerprint density at radius 3 is 2.58 bits per heavy atom. The van der Waals surface area contributed by atoms with E-state index in [0.29, 0.717) is 0 Å². The summed E-state index contributed by atoms with van der Waals surface area (Å²) in [4.78, 5) is 4.07. The summed E-state index contributed by atoms with van der Waals surface area (Å²) in [5, 5.41) is 6.24. The third-order valence-electron chi connectivity index (χ3n) is 3.37. The highest BCUT2D eigenvalue weighted by Crippen LogP contribution is 2.12. The molecule has 4 heteroatoms. The molecule has 0 aliphatic heterocycles. The van der Waals surface area contributed by atoms with Crippen molar-refractivity contribution in [3.8, 4) is 0 Å². The summed E-state index contributed by atoms with van der Waals surface area (Å²) in [6.07, 6.45) is 7.39. The lowest BCUT2D eigenvalue weighted by molar-refractivity contribution is 0.0913. The predicted octanol–water partition coefficient (Wildman–Crippen LogP) is 2.79. The van der Waals surface area contributed by atoms with Crippen LogP contribution in [0, 0.1) is 5.92 Å². The van der Waals surface area contributed by atoms with Gasteiger partial charge in [0, 0.05) is 33.9 Å². The Balaban J connectivity index is 3.38. The van der Waals surface area contributed by atoms with Crippen molar-refractivity contribution in [1.82, 2.24) is 10.6 Å². The Kier molecular flexibility index (Phi) is 13.1. The molecule has 0 heterocycles. The van der Waals surface area contributed by atoms with E-state index in [-0.39, 0.29) is 0 Å². The minimum Gasteiger partial charge on any atom is -0.381 e. The van der Waals surface area contributed by atoms with E-state index >= 15 is 0 Å². The lowest BCUT2D eigenvalue weighted by atomic mass is 10.0. The van der Waals surface area contributed by atoms with Gasteiger partial charge >= 0.3 is 0 Å². The molecule has 0 rings (SSSR count). The molecule has 2 N–H and O–H groups in total. The molecule has 0 spiro atoms. The average molecular weight is 271 g/mol. The standard InChI is InChI=1S/C15H33N3O/c1-5-7-10-14(6-2)13-19-12-9-8-11-18-15(16-3)17-4/h14H,5-13H2,1-4H3,(H2,16,17,18). The third kappa shape index (κ3) is 10.8. The zero-order chi connectivity index (χ0) is 14.3. The van der Waals surface area contributed by atoms with E-state index in [0.717, 1.165) is 44.5 Å². The van der Waals surface area contributed by atoms with Gasteiger partial charge in [0.2, 0.25) is 0 Å². The molecule has 0 amide bonds. The lowest BCUT2D eigenvalue weighted by Gasteiger charge is -2.14. The highest BCUT2D eigenvalue weighted by Gasteiger charge is 2.05. The van der Waals surface area contributed by atoms with Crippen LogP contribution in [0.4, 0.5) is 0 Å². The van der Waals surface area contributed by atoms with Crippen molar-refractivity contribution in [2.24, 2.45) is 10.9 Å². The summed E-state index contributed by atoms with van der Waals surface area (Å²) < 4.78 is 5.77. The average Bonchev–Trinajstić information content (AvgIpc) is 2.45. The summed E-state index contributed by atoms with van der Waals surface area (Å²) in [6, 6.07) is 0. The smallest absolute Gasteiger partial charge is 0.190 e. The predicted molar refractivity (Wildman–Crippen MR) is 83.8 cm³/mol. The van der Waals surface area contributed by atoms with E-state index in [4.69, 9.17) is 4.74 Å². The first-order valence-corrected chi connectivity index (χ1v) is 7.74. The summed E-state index contributed by atoms with van der Waals surface area (Å²) in [6.45, 7) is 7.27. The van der Waals surface area contributed by atoms with Crippen LogP contribution in [0.3, 0.4) is 0 Å². The number of aliphatic imine (C=N–C) groups is 1. The van der Waals surface area contributed by atoms with Crippen molar-refractivity contribution in [2.45, 2.75) is 52.4 Å². The topological polar surface area (TPSA) is 45.6 Å². The maximum atomic E-state index is 5.77. The van der Waals surface area contributed by atoms with Crippen LogP contribution < -0.4 is 10.6 Å². The Labute approximate surface area is 119 Å². The number of hydrogen-bond donors (Lipinski definition) is 2. The minimum atomic E-state index is 0.751. The summed E-state index contributed by atoms with van der Waals surface area (Å²) in [7, 11) is 3.66. The molecule has 0 saturated heterocycles. The molecule has 114 valence electrons. The second-order valence-corrected chi connectivity index (χ2v) is 4.95. The quantitative estimate of drug-likeness (QED) is 0.345. The number of nitrogens with zero attached hydrogens (tertiary/aromatic N) is 1. The Hall–Kier alpha value is -0.770. The molecule has 0 aromatic carbocycles. The maximum absolute atomic E-state index is 5.77. The van der Waals surface area contributed by atoms with E-state index in [9.17, 15) is 0 Å². The van der Waals surface area contributed by atoms with Crippen molar-refractivity contribution in [1.29, 1.82) is 0 Å². The first kappa shape index (κ1) is 18.2. The second-order valence-electron chi connectivity index (χ2n) is 4.95. The number of guanidine groups is 1. The van der Waals surface area contributed by atoms with E-state index in [2.05, 4.69) is 29.5 Å². The molecule has 0 aromatic heterocycles. The number of ether oxygens (including phenoxy) is 1. The molecular weight excluding hydrogens is 238 g/mol. The molecular formula is C15H33N3O. The molecule has 0 aliphatic rings. The maximum Gasteiger partial charge on any atom is 0.190 e. The van der Waals surface area contributed by atoms with Gasteiger partial charge in [0.25, 0.3) is 0 Å².